The van der Waals surface area contributed by atoms with E-state index in [2.05, 4.69) is 20.9 Å². The van der Waals surface area contributed by atoms with Crippen LogP contribution in [0.1, 0.15) is 55.0 Å². The first kappa shape index (κ1) is 25.0. The van der Waals surface area contributed by atoms with Gasteiger partial charge in [0.25, 0.3) is 11.8 Å². The summed E-state index contributed by atoms with van der Waals surface area (Å²) in [6.45, 7) is 1.57. The largest absolute Gasteiger partial charge is 0.507 e. The van der Waals surface area contributed by atoms with Crippen molar-refractivity contribution in [3.05, 3.63) is 94.8 Å². The lowest BCUT2D eigenvalue weighted by Gasteiger charge is -2.27. The number of rotatable bonds is 7. The summed E-state index contributed by atoms with van der Waals surface area (Å²) in [6.07, 6.45) is 4.67. The minimum atomic E-state index is -0.358. The number of aromatic nitrogens is 1. The highest BCUT2D eigenvalue weighted by atomic mass is 16.3. The first-order valence-electron chi connectivity index (χ1n) is 11.9. The molecular weight excluding hydrogens is 458 g/mol. The molecule has 2 heterocycles. The molecule has 2 amide bonds. The zero-order valence-electron chi connectivity index (χ0n) is 19.7. The van der Waals surface area contributed by atoms with Crippen molar-refractivity contribution >= 4 is 17.6 Å². The van der Waals surface area contributed by atoms with Crippen LogP contribution in [-0.2, 0) is 6.54 Å². The van der Waals surface area contributed by atoms with Crippen molar-refractivity contribution < 1.29 is 19.5 Å². The van der Waals surface area contributed by atoms with E-state index in [0.29, 0.717) is 29.7 Å². The molecule has 0 bridgehead atoms. The van der Waals surface area contributed by atoms with E-state index >= 15 is 0 Å². The Labute approximate surface area is 209 Å². The maximum absolute atomic E-state index is 13.0. The number of nitrogens with zero attached hydrogens (tertiary/aromatic N) is 1. The van der Waals surface area contributed by atoms with Crippen molar-refractivity contribution in [3.8, 4) is 5.75 Å². The summed E-state index contributed by atoms with van der Waals surface area (Å²) in [4.78, 5) is 42.5. The van der Waals surface area contributed by atoms with Gasteiger partial charge in [-0.15, -0.1) is 0 Å². The molecule has 36 heavy (non-hydrogen) atoms. The molecule has 9 nitrogen and oxygen atoms in total. The normalized spacial score (nSPS) is 17.6. The number of carbonyl (C=O) groups is 3. The Kier molecular flexibility index (Phi) is 8.04. The van der Waals surface area contributed by atoms with Crippen LogP contribution in [0.5, 0.6) is 5.75 Å². The van der Waals surface area contributed by atoms with Gasteiger partial charge in [-0.1, -0.05) is 18.2 Å². The average Bonchev–Trinajstić information content (AvgIpc) is 3.13. The molecular formula is C27H29N5O4. The summed E-state index contributed by atoms with van der Waals surface area (Å²) in [7, 11) is 0. The fourth-order valence-electron chi connectivity index (χ4n) is 4.20. The number of benzene rings is 2. The quantitative estimate of drug-likeness (QED) is 0.319. The van der Waals surface area contributed by atoms with Crippen LogP contribution in [0.3, 0.4) is 0 Å². The second kappa shape index (κ2) is 11.6. The number of phenolic OH excluding ortho intramolecular Hbond substituents is 1. The Morgan fingerprint density at radius 2 is 1.56 bits per heavy atom. The van der Waals surface area contributed by atoms with E-state index in [4.69, 9.17) is 5.73 Å². The number of ketones is 1. The minimum absolute atomic E-state index is 0.124. The molecule has 4 rings (SSSR count). The molecule has 0 spiro atoms. The summed E-state index contributed by atoms with van der Waals surface area (Å²) in [5.41, 5.74) is 7.78. The van der Waals surface area contributed by atoms with E-state index in [1.54, 1.807) is 60.9 Å². The number of pyridine rings is 1. The maximum Gasteiger partial charge on any atom is 0.251 e. The Hall–Kier alpha value is -4.08. The van der Waals surface area contributed by atoms with Crippen molar-refractivity contribution in [1.82, 2.24) is 20.9 Å². The fourth-order valence-corrected chi connectivity index (χ4v) is 4.20. The molecule has 1 aromatic heterocycles. The molecule has 2 atom stereocenters. The van der Waals surface area contributed by atoms with Gasteiger partial charge in [0, 0.05) is 42.2 Å². The molecule has 1 aliphatic rings. The van der Waals surface area contributed by atoms with E-state index in [0.717, 1.165) is 18.5 Å². The van der Waals surface area contributed by atoms with Gasteiger partial charge >= 0.3 is 0 Å². The SMILES string of the molecule is NCc1ccc(O)c(C(=O)c2ccc(C(=O)N[C@@H]3CCCNC[C@H]3NC(=O)c3ccncc3)cc2)c1. The van der Waals surface area contributed by atoms with Gasteiger partial charge < -0.3 is 26.8 Å². The van der Waals surface area contributed by atoms with Crippen LogP contribution < -0.4 is 21.7 Å². The number of aromatic hydroxyl groups is 1. The molecule has 1 saturated heterocycles. The average molecular weight is 488 g/mol. The summed E-state index contributed by atoms with van der Waals surface area (Å²) in [5, 5.41) is 19.5. The van der Waals surface area contributed by atoms with Crippen LogP contribution in [-0.4, -0.2) is 52.9 Å². The fraction of sp³-hybridized carbons (Fsp3) is 0.259. The molecule has 2 aromatic carbocycles. The van der Waals surface area contributed by atoms with E-state index in [9.17, 15) is 19.5 Å². The van der Waals surface area contributed by atoms with Crippen LogP contribution in [0.4, 0.5) is 0 Å². The Morgan fingerprint density at radius 1 is 0.917 bits per heavy atom. The van der Waals surface area contributed by atoms with E-state index in [1.165, 1.54) is 6.07 Å². The van der Waals surface area contributed by atoms with Gasteiger partial charge in [0.15, 0.2) is 5.78 Å². The molecule has 186 valence electrons. The van der Waals surface area contributed by atoms with E-state index < -0.39 is 0 Å². The number of hydrogen-bond acceptors (Lipinski definition) is 7. The highest BCUT2D eigenvalue weighted by Gasteiger charge is 2.27. The molecule has 3 aromatic rings. The summed E-state index contributed by atoms with van der Waals surface area (Å²) in [5.74, 6) is -1.00. The summed E-state index contributed by atoms with van der Waals surface area (Å²) in [6, 6.07) is 13.7. The predicted octanol–water partition coefficient (Wildman–Crippen LogP) is 1.76. The van der Waals surface area contributed by atoms with Crippen LogP contribution in [0.15, 0.2) is 67.0 Å². The first-order valence-corrected chi connectivity index (χ1v) is 11.9. The van der Waals surface area contributed by atoms with Crippen LogP contribution >= 0.6 is 0 Å². The number of nitrogens with two attached hydrogens (primary N) is 1. The van der Waals surface area contributed by atoms with Crippen LogP contribution in [0, 0.1) is 0 Å². The zero-order valence-corrected chi connectivity index (χ0v) is 19.7. The number of hydrogen-bond donors (Lipinski definition) is 5. The number of nitrogens with one attached hydrogen (secondary N) is 3. The van der Waals surface area contributed by atoms with Crippen molar-refractivity contribution in [2.45, 2.75) is 31.5 Å². The minimum Gasteiger partial charge on any atom is -0.507 e. The van der Waals surface area contributed by atoms with Crippen LogP contribution in [0.25, 0.3) is 0 Å². The van der Waals surface area contributed by atoms with Gasteiger partial charge in [-0.05, 0) is 61.3 Å². The molecule has 0 saturated carbocycles. The maximum atomic E-state index is 13.0. The first-order chi connectivity index (χ1) is 17.5. The molecule has 9 heteroatoms. The van der Waals surface area contributed by atoms with Gasteiger partial charge in [0.1, 0.15) is 5.75 Å². The van der Waals surface area contributed by atoms with E-state index in [1.807, 2.05) is 0 Å². The monoisotopic (exact) mass is 487 g/mol. The number of carbonyl (C=O) groups excluding carboxylic acids is 3. The predicted molar refractivity (Wildman–Crippen MR) is 135 cm³/mol. The number of phenols is 1. The lowest BCUT2D eigenvalue weighted by Crippen LogP contribution is -2.54. The van der Waals surface area contributed by atoms with Crippen molar-refractivity contribution in [2.24, 2.45) is 5.73 Å². The molecule has 0 unspecified atom stereocenters. The van der Waals surface area contributed by atoms with Gasteiger partial charge in [-0.2, -0.15) is 0 Å². The van der Waals surface area contributed by atoms with Crippen molar-refractivity contribution in [2.75, 3.05) is 13.1 Å². The third kappa shape index (κ3) is 5.94. The van der Waals surface area contributed by atoms with Gasteiger partial charge in [0.05, 0.1) is 17.6 Å². The second-order valence-corrected chi connectivity index (χ2v) is 8.70. The van der Waals surface area contributed by atoms with Gasteiger partial charge in [-0.25, -0.2) is 0 Å². The highest BCUT2D eigenvalue weighted by molar-refractivity contribution is 6.11. The lowest BCUT2D eigenvalue weighted by atomic mass is 9.99. The van der Waals surface area contributed by atoms with Gasteiger partial charge in [0.2, 0.25) is 0 Å². The smallest absolute Gasteiger partial charge is 0.251 e. The lowest BCUT2D eigenvalue weighted by molar-refractivity contribution is 0.0882. The second-order valence-electron chi connectivity index (χ2n) is 8.70. The van der Waals surface area contributed by atoms with Crippen LogP contribution in [0.2, 0.25) is 0 Å². The topological polar surface area (TPSA) is 146 Å². The zero-order chi connectivity index (χ0) is 25.5. The standard InChI is InChI=1S/C27H29N5O4/c28-15-17-3-8-24(33)21(14-17)25(34)18-4-6-19(7-5-18)26(35)31-22-2-1-11-30-16-23(22)32-27(36)20-9-12-29-13-10-20/h3-10,12-14,22-23,30,33H,1-2,11,15-16,28H2,(H,31,35)(H,32,36)/t22-,23-/m1/s1. The van der Waals surface area contributed by atoms with Gasteiger partial charge in [-0.3, -0.25) is 19.4 Å². The Balaban J connectivity index is 1.45. The third-order valence-electron chi connectivity index (χ3n) is 6.24. The van der Waals surface area contributed by atoms with Crippen molar-refractivity contribution in [1.29, 1.82) is 0 Å². The molecule has 0 aliphatic carbocycles. The Bertz CT molecular complexity index is 1230. The number of amides is 2. The van der Waals surface area contributed by atoms with Crippen molar-refractivity contribution in [3.63, 3.8) is 0 Å². The Morgan fingerprint density at radius 3 is 2.25 bits per heavy atom. The molecule has 6 N–H and O–H groups in total. The summed E-state index contributed by atoms with van der Waals surface area (Å²) < 4.78 is 0. The molecule has 1 aliphatic heterocycles. The molecule has 0 radical (unpaired) electrons. The highest BCUT2D eigenvalue weighted by Crippen LogP contribution is 2.22. The van der Waals surface area contributed by atoms with E-state index in [-0.39, 0.29) is 47.5 Å². The third-order valence-corrected chi connectivity index (χ3v) is 6.24. The summed E-state index contributed by atoms with van der Waals surface area (Å²) >= 11 is 0. The molecule has 1 fully saturated rings.